The minimum absolute atomic E-state index is 0.0375. The second-order valence-corrected chi connectivity index (χ2v) is 5.07. The standard InChI is InChI=1S/C16H8F4N2O4/c17-10-2-1-3-11-12(10)14(23)13(15(24)25)21-22(11)8-4-6-9(7-5-8)26-16(18,19)20/h1-7H,(H,24,25). The minimum Gasteiger partial charge on any atom is -0.476 e. The number of hydrogen-bond donors (Lipinski definition) is 1. The van der Waals surface area contributed by atoms with Gasteiger partial charge < -0.3 is 9.84 Å². The Morgan fingerprint density at radius 1 is 1.12 bits per heavy atom. The van der Waals surface area contributed by atoms with Crippen LogP contribution >= 0.6 is 0 Å². The highest BCUT2D eigenvalue weighted by atomic mass is 19.4. The first-order chi connectivity index (χ1) is 12.2. The highest BCUT2D eigenvalue weighted by molar-refractivity contribution is 5.91. The number of ether oxygens (including phenoxy) is 1. The molecule has 3 aromatic rings. The van der Waals surface area contributed by atoms with Crippen molar-refractivity contribution in [1.29, 1.82) is 0 Å². The third-order valence-corrected chi connectivity index (χ3v) is 3.38. The fourth-order valence-electron chi connectivity index (χ4n) is 2.36. The number of aromatic carboxylic acids is 1. The Morgan fingerprint density at radius 2 is 1.77 bits per heavy atom. The van der Waals surface area contributed by atoms with E-state index >= 15 is 0 Å². The number of benzene rings is 2. The number of nitrogens with zero attached hydrogens (tertiary/aromatic N) is 2. The van der Waals surface area contributed by atoms with Gasteiger partial charge in [-0.3, -0.25) is 4.79 Å². The van der Waals surface area contributed by atoms with Crippen molar-refractivity contribution in [3.8, 4) is 11.4 Å². The number of carbonyl (C=O) groups is 1. The van der Waals surface area contributed by atoms with E-state index in [-0.39, 0.29) is 11.2 Å². The monoisotopic (exact) mass is 368 g/mol. The molecule has 0 spiro atoms. The van der Waals surface area contributed by atoms with Gasteiger partial charge in [0.05, 0.1) is 16.6 Å². The fraction of sp³-hybridized carbons (Fsp3) is 0.0625. The summed E-state index contributed by atoms with van der Waals surface area (Å²) >= 11 is 0. The zero-order valence-corrected chi connectivity index (χ0v) is 12.6. The molecule has 0 aliphatic carbocycles. The van der Waals surface area contributed by atoms with Gasteiger partial charge in [0.2, 0.25) is 11.1 Å². The van der Waals surface area contributed by atoms with Crippen molar-refractivity contribution in [1.82, 2.24) is 9.78 Å². The summed E-state index contributed by atoms with van der Waals surface area (Å²) in [5, 5.41) is 12.3. The molecule has 0 saturated heterocycles. The average Bonchev–Trinajstić information content (AvgIpc) is 2.54. The van der Waals surface area contributed by atoms with Crippen molar-refractivity contribution in [3.05, 3.63) is 64.2 Å². The third-order valence-electron chi connectivity index (χ3n) is 3.38. The van der Waals surface area contributed by atoms with Gasteiger partial charge in [-0.2, -0.15) is 5.10 Å². The summed E-state index contributed by atoms with van der Waals surface area (Å²) in [6, 6.07) is 7.89. The van der Waals surface area contributed by atoms with E-state index < -0.39 is 40.4 Å². The van der Waals surface area contributed by atoms with Gasteiger partial charge in [0.1, 0.15) is 11.6 Å². The van der Waals surface area contributed by atoms with Crippen LogP contribution in [-0.2, 0) is 0 Å². The van der Waals surface area contributed by atoms with Crippen molar-refractivity contribution < 1.29 is 32.2 Å². The highest BCUT2D eigenvalue weighted by Gasteiger charge is 2.31. The van der Waals surface area contributed by atoms with E-state index in [1.807, 2.05) is 0 Å². The number of carboxylic acids is 1. The highest BCUT2D eigenvalue weighted by Crippen LogP contribution is 2.25. The van der Waals surface area contributed by atoms with Crippen LogP contribution in [0, 0.1) is 5.82 Å². The molecule has 0 aliphatic rings. The third kappa shape index (κ3) is 3.21. The van der Waals surface area contributed by atoms with Crippen LogP contribution in [0.4, 0.5) is 17.6 Å². The predicted octanol–water partition coefficient (Wildman–Crippen LogP) is 3.12. The van der Waals surface area contributed by atoms with E-state index in [2.05, 4.69) is 9.84 Å². The molecular weight excluding hydrogens is 360 g/mol. The van der Waals surface area contributed by atoms with E-state index in [0.29, 0.717) is 0 Å². The topological polar surface area (TPSA) is 81.4 Å². The van der Waals surface area contributed by atoms with Crippen LogP contribution in [0.2, 0.25) is 0 Å². The van der Waals surface area contributed by atoms with Crippen LogP contribution in [-0.4, -0.2) is 27.2 Å². The van der Waals surface area contributed by atoms with Gasteiger partial charge in [-0.05, 0) is 36.4 Å². The van der Waals surface area contributed by atoms with E-state index in [4.69, 9.17) is 5.11 Å². The first-order valence-corrected chi connectivity index (χ1v) is 6.98. The molecule has 26 heavy (non-hydrogen) atoms. The van der Waals surface area contributed by atoms with Gasteiger partial charge in [0, 0.05) is 0 Å². The number of halogens is 4. The second kappa shape index (κ2) is 6.14. The maximum atomic E-state index is 14.1. The van der Waals surface area contributed by atoms with Gasteiger partial charge in [0.25, 0.3) is 0 Å². The summed E-state index contributed by atoms with van der Waals surface area (Å²) < 4.78 is 55.4. The van der Waals surface area contributed by atoms with Crippen molar-refractivity contribution >= 4 is 16.9 Å². The molecule has 6 nitrogen and oxygen atoms in total. The molecule has 1 N–H and O–H groups in total. The maximum absolute atomic E-state index is 14.1. The number of hydrogen-bond acceptors (Lipinski definition) is 4. The largest absolute Gasteiger partial charge is 0.573 e. The summed E-state index contributed by atoms with van der Waals surface area (Å²) in [7, 11) is 0. The van der Waals surface area contributed by atoms with Crippen LogP contribution < -0.4 is 10.2 Å². The van der Waals surface area contributed by atoms with Crippen LogP contribution in [0.25, 0.3) is 16.6 Å². The lowest BCUT2D eigenvalue weighted by molar-refractivity contribution is -0.274. The molecule has 0 atom stereocenters. The summed E-state index contributed by atoms with van der Waals surface area (Å²) in [5.41, 5.74) is -1.95. The second-order valence-electron chi connectivity index (χ2n) is 5.07. The Bertz CT molecular complexity index is 1060. The maximum Gasteiger partial charge on any atom is 0.573 e. The van der Waals surface area contributed by atoms with Crippen LogP contribution in [0.3, 0.4) is 0 Å². The molecule has 2 aromatic carbocycles. The lowest BCUT2D eigenvalue weighted by Crippen LogP contribution is -2.23. The zero-order chi connectivity index (χ0) is 19.1. The zero-order valence-electron chi connectivity index (χ0n) is 12.6. The average molecular weight is 368 g/mol. The molecule has 3 rings (SSSR count). The molecule has 1 heterocycles. The molecule has 0 fully saturated rings. The van der Waals surface area contributed by atoms with Gasteiger partial charge in [-0.15, -0.1) is 13.2 Å². The molecule has 0 amide bonds. The summed E-state index contributed by atoms with van der Waals surface area (Å²) in [5.74, 6) is -3.11. The summed E-state index contributed by atoms with van der Waals surface area (Å²) in [4.78, 5) is 23.4. The Balaban J connectivity index is 2.22. The Labute approximate surface area is 141 Å². The first-order valence-electron chi connectivity index (χ1n) is 6.98. The number of alkyl halides is 3. The Kier molecular flexibility index (Phi) is 4.10. The number of rotatable bonds is 3. The molecule has 0 saturated carbocycles. The molecule has 0 unspecified atom stereocenters. The van der Waals surface area contributed by atoms with Gasteiger partial charge in [-0.25, -0.2) is 13.9 Å². The molecular formula is C16H8F4N2O4. The minimum atomic E-state index is -4.87. The van der Waals surface area contributed by atoms with Crippen LogP contribution in [0.5, 0.6) is 5.75 Å². The molecule has 0 bridgehead atoms. The van der Waals surface area contributed by atoms with Crippen molar-refractivity contribution in [2.45, 2.75) is 6.36 Å². The van der Waals surface area contributed by atoms with E-state index in [9.17, 15) is 27.2 Å². The number of carboxylic acid groups (broad SMARTS) is 1. The Hall–Kier alpha value is -3.43. The molecule has 10 heteroatoms. The molecule has 134 valence electrons. The van der Waals surface area contributed by atoms with E-state index in [0.717, 1.165) is 35.0 Å². The smallest absolute Gasteiger partial charge is 0.476 e. The van der Waals surface area contributed by atoms with E-state index in [1.165, 1.54) is 12.1 Å². The molecule has 1 aromatic heterocycles. The van der Waals surface area contributed by atoms with Gasteiger partial charge >= 0.3 is 12.3 Å². The van der Waals surface area contributed by atoms with Crippen molar-refractivity contribution in [2.75, 3.05) is 0 Å². The van der Waals surface area contributed by atoms with Crippen molar-refractivity contribution in [3.63, 3.8) is 0 Å². The number of fused-ring (bicyclic) bond motifs is 1. The predicted molar refractivity (Wildman–Crippen MR) is 80.9 cm³/mol. The normalized spacial score (nSPS) is 11.5. The van der Waals surface area contributed by atoms with E-state index in [1.54, 1.807) is 0 Å². The lowest BCUT2D eigenvalue weighted by atomic mass is 10.1. The Morgan fingerprint density at radius 3 is 2.35 bits per heavy atom. The number of aromatic nitrogens is 2. The van der Waals surface area contributed by atoms with Crippen LogP contribution in [0.1, 0.15) is 10.5 Å². The van der Waals surface area contributed by atoms with Gasteiger partial charge in [0.15, 0.2) is 0 Å². The van der Waals surface area contributed by atoms with Crippen LogP contribution in [0.15, 0.2) is 47.3 Å². The van der Waals surface area contributed by atoms with Gasteiger partial charge in [-0.1, -0.05) is 6.07 Å². The lowest BCUT2D eigenvalue weighted by Gasteiger charge is -2.13. The SMILES string of the molecule is O=C(O)c1nn(-c2ccc(OC(F)(F)F)cc2)c2cccc(F)c2c1=O. The summed E-state index contributed by atoms with van der Waals surface area (Å²) in [6.45, 7) is 0. The first kappa shape index (κ1) is 17.4. The molecule has 0 aliphatic heterocycles. The fourth-order valence-corrected chi connectivity index (χ4v) is 2.36. The molecule has 0 radical (unpaired) electrons. The van der Waals surface area contributed by atoms with Crippen molar-refractivity contribution in [2.24, 2.45) is 0 Å². The quantitative estimate of drug-likeness (QED) is 0.719. The summed E-state index contributed by atoms with van der Waals surface area (Å²) in [6.07, 6.45) is -4.87.